The van der Waals surface area contributed by atoms with Crippen LogP contribution in [0.4, 0.5) is 5.69 Å². The number of carboxylic acids is 1. The fourth-order valence-corrected chi connectivity index (χ4v) is 1.57. The normalized spacial score (nSPS) is 10.0. The van der Waals surface area contributed by atoms with Gasteiger partial charge in [-0.2, -0.15) is 0 Å². The van der Waals surface area contributed by atoms with Crippen LogP contribution >= 0.6 is 0 Å². The van der Waals surface area contributed by atoms with E-state index in [1.54, 1.807) is 0 Å². The average Bonchev–Trinajstić information content (AvgIpc) is 2.25. The summed E-state index contributed by atoms with van der Waals surface area (Å²) in [5.41, 5.74) is 2.38. The molecule has 0 unspecified atom stereocenters. The topological polar surface area (TPSA) is 40.5 Å². The van der Waals surface area contributed by atoms with Gasteiger partial charge in [-0.25, -0.2) is 0 Å². The van der Waals surface area contributed by atoms with Crippen LogP contribution in [0.15, 0.2) is 24.3 Å². The standard InChI is InChI=1S/C12H17NO2/c1-3-10-6-4-5-7-11(10)13(2)9-8-12(14)15/h4-7H,3,8-9H2,1-2H3,(H,14,15). The van der Waals surface area contributed by atoms with E-state index in [1.165, 1.54) is 5.56 Å². The van der Waals surface area contributed by atoms with Crippen LogP contribution in [0.3, 0.4) is 0 Å². The van der Waals surface area contributed by atoms with Crippen molar-refractivity contribution in [3.63, 3.8) is 0 Å². The second kappa shape index (κ2) is 5.39. The molecule has 3 heteroatoms. The quantitative estimate of drug-likeness (QED) is 0.804. The zero-order valence-electron chi connectivity index (χ0n) is 9.23. The Bertz CT molecular complexity index is 336. The molecular weight excluding hydrogens is 190 g/mol. The molecule has 0 heterocycles. The number of aliphatic carboxylic acids is 1. The monoisotopic (exact) mass is 207 g/mol. The summed E-state index contributed by atoms with van der Waals surface area (Å²) in [5, 5.41) is 8.61. The van der Waals surface area contributed by atoms with E-state index in [-0.39, 0.29) is 6.42 Å². The van der Waals surface area contributed by atoms with E-state index in [1.807, 2.05) is 30.1 Å². The van der Waals surface area contributed by atoms with Crippen LogP contribution in [0.25, 0.3) is 0 Å². The van der Waals surface area contributed by atoms with E-state index < -0.39 is 5.97 Å². The summed E-state index contributed by atoms with van der Waals surface area (Å²) in [7, 11) is 1.93. The van der Waals surface area contributed by atoms with Crippen molar-refractivity contribution in [3.8, 4) is 0 Å². The molecule has 0 spiro atoms. The van der Waals surface area contributed by atoms with Crippen molar-refractivity contribution in [2.75, 3.05) is 18.5 Å². The number of carboxylic acid groups (broad SMARTS) is 1. The van der Waals surface area contributed by atoms with Crippen molar-refractivity contribution in [2.24, 2.45) is 0 Å². The molecule has 0 aromatic heterocycles. The number of aryl methyl sites for hydroxylation is 1. The van der Waals surface area contributed by atoms with Gasteiger partial charge in [0, 0.05) is 19.3 Å². The lowest BCUT2D eigenvalue weighted by molar-refractivity contribution is -0.136. The maximum absolute atomic E-state index is 10.5. The highest BCUT2D eigenvalue weighted by molar-refractivity contribution is 5.67. The third-order valence-corrected chi connectivity index (χ3v) is 2.44. The highest BCUT2D eigenvalue weighted by atomic mass is 16.4. The smallest absolute Gasteiger partial charge is 0.305 e. The van der Waals surface area contributed by atoms with Crippen molar-refractivity contribution in [1.29, 1.82) is 0 Å². The van der Waals surface area contributed by atoms with Gasteiger partial charge >= 0.3 is 5.97 Å². The molecule has 0 saturated carbocycles. The van der Waals surface area contributed by atoms with E-state index in [2.05, 4.69) is 13.0 Å². The fourth-order valence-electron chi connectivity index (χ4n) is 1.57. The van der Waals surface area contributed by atoms with Gasteiger partial charge in [0.15, 0.2) is 0 Å². The van der Waals surface area contributed by atoms with E-state index in [0.29, 0.717) is 6.54 Å². The first-order valence-corrected chi connectivity index (χ1v) is 5.16. The van der Waals surface area contributed by atoms with Crippen LogP contribution < -0.4 is 4.90 Å². The summed E-state index contributed by atoms with van der Waals surface area (Å²) in [4.78, 5) is 12.5. The summed E-state index contributed by atoms with van der Waals surface area (Å²) >= 11 is 0. The maximum Gasteiger partial charge on any atom is 0.305 e. The predicted octanol–water partition coefficient (Wildman–Crippen LogP) is 2.16. The molecule has 3 nitrogen and oxygen atoms in total. The molecule has 0 fully saturated rings. The minimum Gasteiger partial charge on any atom is -0.481 e. The molecule has 82 valence electrons. The Morgan fingerprint density at radius 3 is 2.67 bits per heavy atom. The zero-order valence-corrected chi connectivity index (χ0v) is 9.23. The second-order valence-electron chi connectivity index (χ2n) is 3.55. The van der Waals surface area contributed by atoms with Crippen LogP contribution in [-0.4, -0.2) is 24.7 Å². The number of anilines is 1. The van der Waals surface area contributed by atoms with E-state index >= 15 is 0 Å². The summed E-state index contributed by atoms with van der Waals surface area (Å²) in [6, 6.07) is 8.09. The van der Waals surface area contributed by atoms with E-state index in [0.717, 1.165) is 12.1 Å². The molecule has 0 radical (unpaired) electrons. The highest BCUT2D eigenvalue weighted by Crippen LogP contribution is 2.19. The number of benzene rings is 1. The number of carbonyl (C=O) groups is 1. The molecule has 1 N–H and O–H groups in total. The zero-order chi connectivity index (χ0) is 11.3. The van der Waals surface area contributed by atoms with Crippen molar-refractivity contribution in [2.45, 2.75) is 19.8 Å². The molecule has 0 atom stereocenters. The maximum atomic E-state index is 10.5. The van der Waals surface area contributed by atoms with Gasteiger partial charge in [-0.05, 0) is 18.1 Å². The summed E-state index contributed by atoms with van der Waals surface area (Å²) in [6.45, 7) is 2.65. The van der Waals surface area contributed by atoms with Gasteiger partial charge < -0.3 is 10.0 Å². The first-order valence-electron chi connectivity index (χ1n) is 5.16. The Morgan fingerprint density at radius 2 is 2.07 bits per heavy atom. The SMILES string of the molecule is CCc1ccccc1N(C)CCC(=O)O. The number of hydrogen-bond acceptors (Lipinski definition) is 2. The first kappa shape index (κ1) is 11.6. The Labute approximate surface area is 90.3 Å². The Kier molecular flexibility index (Phi) is 4.16. The second-order valence-corrected chi connectivity index (χ2v) is 3.55. The third kappa shape index (κ3) is 3.27. The molecule has 0 amide bonds. The average molecular weight is 207 g/mol. The highest BCUT2D eigenvalue weighted by Gasteiger charge is 2.06. The molecule has 1 rings (SSSR count). The summed E-state index contributed by atoms with van der Waals surface area (Å²) < 4.78 is 0. The third-order valence-electron chi connectivity index (χ3n) is 2.44. The largest absolute Gasteiger partial charge is 0.481 e. The summed E-state index contributed by atoms with van der Waals surface area (Å²) in [5.74, 6) is -0.754. The molecule has 1 aromatic rings. The van der Waals surface area contributed by atoms with Crippen molar-refractivity contribution >= 4 is 11.7 Å². The van der Waals surface area contributed by atoms with Gasteiger partial charge in [0.25, 0.3) is 0 Å². The molecule has 0 aliphatic heterocycles. The lowest BCUT2D eigenvalue weighted by Gasteiger charge is -2.21. The van der Waals surface area contributed by atoms with E-state index in [9.17, 15) is 4.79 Å². The van der Waals surface area contributed by atoms with Gasteiger partial charge in [0.1, 0.15) is 0 Å². The molecule has 0 aliphatic rings. The number of hydrogen-bond donors (Lipinski definition) is 1. The van der Waals surface area contributed by atoms with Crippen LogP contribution in [0.2, 0.25) is 0 Å². The van der Waals surface area contributed by atoms with Crippen molar-refractivity contribution in [1.82, 2.24) is 0 Å². The van der Waals surface area contributed by atoms with Crippen LogP contribution in [-0.2, 0) is 11.2 Å². The minimum atomic E-state index is -0.754. The molecule has 0 bridgehead atoms. The number of rotatable bonds is 5. The van der Waals surface area contributed by atoms with Crippen molar-refractivity contribution in [3.05, 3.63) is 29.8 Å². The first-order chi connectivity index (χ1) is 7.15. The Hall–Kier alpha value is -1.51. The van der Waals surface area contributed by atoms with Crippen LogP contribution in [0.5, 0.6) is 0 Å². The molecular formula is C12H17NO2. The molecule has 1 aromatic carbocycles. The van der Waals surface area contributed by atoms with E-state index in [4.69, 9.17) is 5.11 Å². The van der Waals surface area contributed by atoms with Crippen LogP contribution in [0.1, 0.15) is 18.9 Å². The Balaban J connectivity index is 2.72. The lowest BCUT2D eigenvalue weighted by Crippen LogP contribution is -2.22. The number of nitrogens with zero attached hydrogens (tertiary/aromatic N) is 1. The van der Waals surface area contributed by atoms with Gasteiger partial charge in [0.05, 0.1) is 6.42 Å². The molecule has 15 heavy (non-hydrogen) atoms. The van der Waals surface area contributed by atoms with Crippen molar-refractivity contribution < 1.29 is 9.90 Å². The fraction of sp³-hybridized carbons (Fsp3) is 0.417. The van der Waals surface area contributed by atoms with Gasteiger partial charge in [-0.1, -0.05) is 25.1 Å². The van der Waals surface area contributed by atoms with Gasteiger partial charge in [-0.3, -0.25) is 4.79 Å². The lowest BCUT2D eigenvalue weighted by atomic mass is 10.1. The number of para-hydroxylation sites is 1. The van der Waals surface area contributed by atoms with Crippen LogP contribution in [0, 0.1) is 0 Å². The molecule has 0 aliphatic carbocycles. The predicted molar refractivity (Wildman–Crippen MR) is 61.3 cm³/mol. The van der Waals surface area contributed by atoms with Gasteiger partial charge in [0.2, 0.25) is 0 Å². The summed E-state index contributed by atoms with van der Waals surface area (Å²) in [6.07, 6.45) is 1.14. The van der Waals surface area contributed by atoms with Gasteiger partial charge in [-0.15, -0.1) is 0 Å². The Morgan fingerprint density at radius 1 is 1.40 bits per heavy atom. The minimum absolute atomic E-state index is 0.175. The molecule has 0 saturated heterocycles.